The Morgan fingerprint density at radius 2 is 2.12 bits per heavy atom. The summed E-state index contributed by atoms with van der Waals surface area (Å²) in [6.07, 6.45) is 6.43. The molecule has 0 aromatic carbocycles. The van der Waals surface area contributed by atoms with Gasteiger partial charge in [-0.2, -0.15) is 11.8 Å². The van der Waals surface area contributed by atoms with Crippen molar-refractivity contribution in [2.45, 2.75) is 56.9 Å². The average Bonchev–Trinajstić information content (AvgIpc) is 3.09. The summed E-state index contributed by atoms with van der Waals surface area (Å²) >= 11 is 2.09. The van der Waals surface area contributed by atoms with E-state index in [9.17, 15) is 0 Å². The quantitative estimate of drug-likeness (QED) is 0.814. The van der Waals surface area contributed by atoms with Crippen molar-refractivity contribution in [1.82, 2.24) is 10.2 Å². The van der Waals surface area contributed by atoms with Crippen molar-refractivity contribution in [3.05, 3.63) is 0 Å². The molecule has 1 N–H and O–H groups in total. The van der Waals surface area contributed by atoms with Crippen LogP contribution in [-0.4, -0.2) is 47.6 Å². The first-order valence-corrected chi connectivity index (χ1v) is 8.35. The maximum Gasteiger partial charge on any atom is 0.0285 e. The summed E-state index contributed by atoms with van der Waals surface area (Å²) in [7, 11) is 0. The van der Waals surface area contributed by atoms with E-state index in [1.807, 2.05) is 0 Å². The van der Waals surface area contributed by atoms with Crippen LogP contribution in [0.15, 0.2) is 0 Å². The normalized spacial score (nSPS) is 33.0. The van der Waals surface area contributed by atoms with E-state index in [4.69, 9.17) is 0 Å². The molecular weight excluding hydrogens is 228 g/mol. The number of nitrogens with zero attached hydrogens (tertiary/aromatic N) is 1. The second-order valence-corrected chi connectivity index (χ2v) is 7.41. The average molecular weight is 256 g/mol. The molecule has 1 aliphatic heterocycles. The Morgan fingerprint density at radius 1 is 1.41 bits per heavy atom. The second kappa shape index (κ2) is 5.50. The van der Waals surface area contributed by atoms with Crippen LogP contribution in [0.1, 0.15) is 40.0 Å². The molecule has 0 bridgehead atoms. The first kappa shape index (κ1) is 13.7. The first-order chi connectivity index (χ1) is 8.10. The lowest BCUT2D eigenvalue weighted by Gasteiger charge is -2.43. The zero-order chi connectivity index (χ0) is 12.5. The Morgan fingerprint density at radius 3 is 2.59 bits per heavy atom. The molecule has 0 radical (unpaired) electrons. The lowest BCUT2D eigenvalue weighted by Crippen LogP contribution is -2.59. The Balaban J connectivity index is 1.95. The highest BCUT2D eigenvalue weighted by atomic mass is 32.2. The highest BCUT2D eigenvalue weighted by Gasteiger charge is 2.45. The maximum absolute atomic E-state index is 3.73. The minimum atomic E-state index is 0.617. The molecule has 2 unspecified atom stereocenters. The molecule has 2 aliphatic rings. The molecule has 2 nitrogen and oxygen atoms in total. The van der Waals surface area contributed by atoms with Crippen LogP contribution in [0, 0.1) is 5.92 Å². The van der Waals surface area contributed by atoms with Gasteiger partial charge in [0.2, 0.25) is 0 Å². The van der Waals surface area contributed by atoms with Crippen LogP contribution in [0.25, 0.3) is 0 Å². The molecular formula is C14H28N2S. The molecule has 100 valence electrons. The minimum absolute atomic E-state index is 0.617. The highest BCUT2D eigenvalue weighted by Crippen LogP contribution is 2.48. The molecule has 0 aromatic heterocycles. The molecule has 0 spiro atoms. The maximum atomic E-state index is 3.73. The van der Waals surface area contributed by atoms with Gasteiger partial charge in [0.1, 0.15) is 0 Å². The van der Waals surface area contributed by atoms with Crippen LogP contribution in [-0.2, 0) is 0 Å². The predicted octanol–water partition coefficient (Wildman–Crippen LogP) is 2.59. The molecule has 1 heterocycles. The van der Waals surface area contributed by atoms with Crippen molar-refractivity contribution in [2.75, 3.05) is 25.9 Å². The van der Waals surface area contributed by atoms with Gasteiger partial charge < -0.3 is 5.32 Å². The molecule has 2 rings (SSSR count). The van der Waals surface area contributed by atoms with Crippen LogP contribution in [0.2, 0.25) is 0 Å². The van der Waals surface area contributed by atoms with Gasteiger partial charge in [-0.1, -0.05) is 20.8 Å². The van der Waals surface area contributed by atoms with Gasteiger partial charge in [-0.3, -0.25) is 4.90 Å². The molecule has 17 heavy (non-hydrogen) atoms. The number of rotatable bonds is 5. The van der Waals surface area contributed by atoms with E-state index in [0.717, 1.165) is 12.0 Å². The molecule has 1 aliphatic carbocycles. The van der Waals surface area contributed by atoms with Crippen molar-refractivity contribution >= 4 is 11.8 Å². The number of piperazine rings is 1. The number of hydrogen-bond donors (Lipinski definition) is 1. The van der Waals surface area contributed by atoms with Gasteiger partial charge in [0.25, 0.3) is 0 Å². The summed E-state index contributed by atoms with van der Waals surface area (Å²) in [5.41, 5.74) is 0. The fourth-order valence-corrected chi connectivity index (χ4v) is 3.67. The topological polar surface area (TPSA) is 15.3 Å². The SMILES string of the molecule is CCC1CNC(C(C)C)CN1CC1(SC)CC1. The number of thioether (sulfide) groups is 1. The van der Waals surface area contributed by atoms with Gasteiger partial charge in [0, 0.05) is 36.5 Å². The van der Waals surface area contributed by atoms with E-state index in [0.29, 0.717) is 10.8 Å². The van der Waals surface area contributed by atoms with Gasteiger partial charge in [-0.15, -0.1) is 0 Å². The smallest absolute Gasteiger partial charge is 0.0285 e. The van der Waals surface area contributed by atoms with E-state index in [-0.39, 0.29) is 0 Å². The van der Waals surface area contributed by atoms with Crippen molar-refractivity contribution in [1.29, 1.82) is 0 Å². The largest absolute Gasteiger partial charge is 0.311 e. The molecule has 1 saturated carbocycles. The number of nitrogens with one attached hydrogen (secondary N) is 1. The zero-order valence-corrected chi connectivity index (χ0v) is 12.6. The Hall–Kier alpha value is 0.270. The molecule has 0 amide bonds. The minimum Gasteiger partial charge on any atom is -0.311 e. The van der Waals surface area contributed by atoms with Gasteiger partial charge in [0.15, 0.2) is 0 Å². The van der Waals surface area contributed by atoms with Gasteiger partial charge in [0.05, 0.1) is 0 Å². The Bertz CT molecular complexity index is 251. The van der Waals surface area contributed by atoms with Gasteiger partial charge >= 0.3 is 0 Å². The fourth-order valence-electron chi connectivity index (χ4n) is 2.86. The zero-order valence-electron chi connectivity index (χ0n) is 11.8. The van der Waals surface area contributed by atoms with Gasteiger partial charge in [-0.05, 0) is 31.4 Å². The first-order valence-electron chi connectivity index (χ1n) is 7.13. The van der Waals surface area contributed by atoms with Crippen molar-refractivity contribution in [3.63, 3.8) is 0 Å². The van der Waals surface area contributed by atoms with Crippen LogP contribution >= 0.6 is 11.8 Å². The fraction of sp³-hybridized carbons (Fsp3) is 1.00. The molecule has 3 heteroatoms. The van der Waals surface area contributed by atoms with E-state index in [1.165, 1.54) is 38.9 Å². The summed E-state index contributed by atoms with van der Waals surface area (Å²) < 4.78 is 0.617. The summed E-state index contributed by atoms with van der Waals surface area (Å²) in [6, 6.07) is 1.45. The third-order valence-electron chi connectivity index (χ3n) is 4.57. The van der Waals surface area contributed by atoms with Crippen molar-refractivity contribution in [2.24, 2.45) is 5.92 Å². The molecule has 2 atom stereocenters. The van der Waals surface area contributed by atoms with E-state index in [1.54, 1.807) is 0 Å². The lowest BCUT2D eigenvalue weighted by molar-refractivity contribution is 0.109. The van der Waals surface area contributed by atoms with Crippen LogP contribution in [0.3, 0.4) is 0 Å². The Kier molecular flexibility index (Phi) is 4.43. The van der Waals surface area contributed by atoms with E-state index >= 15 is 0 Å². The van der Waals surface area contributed by atoms with Crippen LogP contribution in [0.4, 0.5) is 0 Å². The van der Waals surface area contributed by atoms with Gasteiger partial charge in [-0.25, -0.2) is 0 Å². The summed E-state index contributed by atoms with van der Waals surface area (Å²) in [5, 5.41) is 3.73. The lowest BCUT2D eigenvalue weighted by atomic mass is 9.98. The van der Waals surface area contributed by atoms with Crippen molar-refractivity contribution < 1.29 is 0 Å². The van der Waals surface area contributed by atoms with E-state index < -0.39 is 0 Å². The molecule has 1 saturated heterocycles. The standard InChI is InChI=1S/C14H28N2S/c1-5-12-8-15-13(11(2)3)9-16(12)10-14(17-4)6-7-14/h11-13,15H,5-10H2,1-4H3. The molecule has 0 aromatic rings. The number of hydrogen-bond acceptors (Lipinski definition) is 3. The molecule has 2 fully saturated rings. The van der Waals surface area contributed by atoms with E-state index in [2.05, 4.69) is 49.0 Å². The monoisotopic (exact) mass is 256 g/mol. The summed E-state index contributed by atoms with van der Waals surface area (Å²) in [6.45, 7) is 10.8. The third kappa shape index (κ3) is 3.18. The van der Waals surface area contributed by atoms with Crippen LogP contribution in [0.5, 0.6) is 0 Å². The highest BCUT2D eigenvalue weighted by molar-refractivity contribution is 8.00. The second-order valence-electron chi connectivity index (χ2n) is 6.14. The Labute approximate surface area is 111 Å². The van der Waals surface area contributed by atoms with Crippen molar-refractivity contribution in [3.8, 4) is 0 Å². The third-order valence-corrected chi connectivity index (χ3v) is 5.97. The van der Waals surface area contributed by atoms with Crippen LogP contribution < -0.4 is 5.32 Å². The summed E-state index contributed by atoms with van der Waals surface area (Å²) in [4.78, 5) is 2.77. The summed E-state index contributed by atoms with van der Waals surface area (Å²) in [5.74, 6) is 0.750. The predicted molar refractivity (Wildman–Crippen MR) is 77.8 cm³/mol.